The van der Waals surface area contributed by atoms with E-state index in [0.29, 0.717) is 10.9 Å². The summed E-state index contributed by atoms with van der Waals surface area (Å²) in [6.07, 6.45) is 0. The fraction of sp³-hybridized carbons (Fsp3) is 0.273. The average Bonchev–Trinajstić information content (AvgIpc) is 2.26. The number of H-pyrrole nitrogens is 1. The van der Waals surface area contributed by atoms with Crippen LogP contribution in [0, 0.1) is 6.92 Å². The number of nitrogens with one attached hydrogen (secondary N) is 1. The lowest BCUT2D eigenvalue weighted by Crippen LogP contribution is -2.37. The summed E-state index contributed by atoms with van der Waals surface area (Å²) in [7, 11) is 0. The van der Waals surface area contributed by atoms with Crippen LogP contribution in [0.5, 0.6) is 0 Å². The molecule has 0 bridgehead atoms. The number of aromatic nitrogens is 2. The van der Waals surface area contributed by atoms with Crippen molar-refractivity contribution in [2.75, 3.05) is 6.54 Å². The molecule has 0 radical (unpaired) electrons. The zero-order chi connectivity index (χ0) is 11.7. The van der Waals surface area contributed by atoms with Crippen molar-refractivity contribution in [1.29, 1.82) is 0 Å². The minimum atomic E-state index is -0.405. The predicted molar refractivity (Wildman–Crippen MR) is 62.6 cm³/mol. The second-order valence-electron chi connectivity index (χ2n) is 3.67. The number of aryl methyl sites for hydroxylation is 1. The number of nitrogens with two attached hydrogens (primary N) is 1. The Kier molecular flexibility index (Phi) is 2.62. The van der Waals surface area contributed by atoms with Gasteiger partial charge in [0, 0.05) is 13.1 Å². The van der Waals surface area contributed by atoms with Crippen LogP contribution in [0.2, 0.25) is 0 Å². The topological polar surface area (TPSA) is 80.9 Å². The number of hydrogen-bond acceptors (Lipinski definition) is 3. The van der Waals surface area contributed by atoms with Crippen LogP contribution in [0.1, 0.15) is 5.56 Å². The fourth-order valence-electron chi connectivity index (χ4n) is 1.76. The van der Waals surface area contributed by atoms with E-state index in [1.54, 1.807) is 12.1 Å². The number of para-hydroxylation sites is 1. The van der Waals surface area contributed by atoms with E-state index in [9.17, 15) is 9.59 Å². The van der Waals surface area contributed by atoms with Crippen molar-refractivity contribution in [1.82, 2.24) is 9.55 Å². The highest BCUT2D eigenvalue weighted by Crippen LogP contribution is 2.09. The summed E-state index contributed by atoms with van der Waals surface area (Å²) in [5.41, 5.74) is 6.15. The van der Waals surface area contributed by atoms with Gasteiger partial charge in [0.05, 0.1) is 10.9 Å². The second kappa shape index (κ2) is 3.94. The number of aromatic amines is 1. The van der Waals surface area contributed by atoms with E-state index in [1.165, 1.54) is 0 Å². The van der Waals surface area contributed by atoms with E-state index in [1.807, 2.05) is 13.0 Å². The Morgan fingerprint density at radius 3 is 2.81 bits per heavy atom. The van der Waals surface area contributed by atoms with Crippen LogP contribution in [0.15, 0.2) is 27.8 Å². The molecule has 0 aliphatic carbocycles. The summed E-state index contributed by atoms with van der Waals surface area (Å²) in [4.78, 5) is 26.3. The number of benzene rings is 1. The van der Waals surface area contributed by atoms with E-state index < -0.39 is 5.69 Å². The molecule has 0 spiro atoms. The molecule has 84 valence electrons. The Morgan fingerprint density at radius 1 is 1.38 bits per heavy atom. The van der Waals surface area contributed by atoms with E-state index in [2.05, 4.69) is 4.98 Å². The summed E-state index contributed by atoms with van der Waals surface area (Å²) in [6, 6.07) is 5.35. The first kappa shape index (κ1) is 10.6. The van der Waals surface area contributed by atoms with Gasteiger partial charge in [-0.05, 0) is 18.6 Å². The van der Waals surface area contributed by atoms with E-state index in [4.69, 9.17) is 5.73 Å². The SMILES string of the molecule is Cc1cccc2c(=O)n(CCN)c(=O)[nH]c12. The fourth-order valence-corrected chi connectivity index (χ4v) is 1.76. The molecule has 3 N–H and O–H groups in total. The van der Waals surface area contributed by atoms with Gasteiger partial charge in [0.15, 0.2) is 0 Å². The molecule has 0 atom stereocenters. The van der Waals surface area contributed by atoms with E-state index in [-0.39, 0.29) is 18.6 Å². The maximum absolute atomic E-state index is 12.0. The molecule has 0 saturated heterocycles. The molecule has 0 saturated carbocycles. The van der Waals surface area contributed by atoms with E-state index >= 15 is 0 Å². The summed E-state index contributed by atoms with van der Waals surface area (Å²) in [5.74, 6) is 0. The van der Waals surface area contributed by atoms with Gasteiger partial charge in [-0.3, -0.25) is 9.36 Å². The highest BCUT2D eigenvalue weighted by Gasteiger charge is 2.07. The molecule has 0 amide bonds. The van der Waals surface area contributed by atoms with Crippen molar-refractivity contribution in [3.8, 4) is 0 Å². The maximum Gasteiger partial charge on any atom is 0.328 e. The molecule has 16 heavy (non-hydrogen) atoms. The van der Waals surface area contributed by atoms with Gasteiger partial charge < -0.3 is 10.7 Å². The van der Waals surface area contributed by atoms with Gasteiger partial charge in [0.25, 0.3) is 5.56 Å². The number of hydrogen-bond donors (Lipinski definition) is 2. The van der Waals surface area contributed by atoms with Gasteiger partial charge >= 0.3 is 5.69 Å². The molecule has 1 heterocycles. The lowest BCUT2D eigenvalue weighted by atomic mass is 10.1. The molecule has 0 aliphatic rings. The molecule has 0 fully saturated rings. The monoisotopic (exact) mass is 219 g/mol. The minimum Gasteiger partial charge on any atom is -0.329 e. The van der Waals surface area contributed by atoms with Gasteiger partial charge in [-0.15, -0.1) is 0 Å². The Hall–Kier alpha value is -1.88. The summed E-state index contributed by atoms with van der Waals surface area (Å²) in [5, 5.41) is 0.521. The highest BCUT2D eigenvalue weighted by molar-refractivity contribution is 5.80. The largest absolute Gasteiger partial charge is 0.329 e. The predicted octanol–water partition coefficient (Wildman–Crippen LogP) is -0.0431. The first-order valence-electron chi connectivity index (χ1n) is 5.07. The van der Waals surface area contributed by atoms with Crippen molar-refractivity contribution >= 4 is 10.9 Å². The third-order valence-corrected chi connectivity index (χ3v) is 2.58. The van der Waals surface area contributed by atoms with Gasteiger partial charge in [-0.1, -0.05) is 12.1 Å². The zero-order valence-corrected chi connectivity index (χ0v) is 8.99. The standard InChI is InChI=1S/C11H13N3O2/c1-7-3-2-4-8-9(7)13-11(16)14(6-5-12)10(8)15/h2-4H,5-6,12H2,1H3,(H,13,16). The lowest BCUT2D eigenvalue weighted by Gasteiger charge is -2.06. The molecule has 5 heteroatoms. The molecule has 0 unspecified atom stereocenters. The van der Waals surface area contributed by atoms with Crippen molar-refractivity contribution in [2.24, 2.45) is 5.73 Å². The summed E-state index contributed by atoms with van der Waals surface area (Å²) in [6.45, 7) is 2.35. The highest BCUT2D eigenvalue weighted by atomic mass is 16.2. The molecule has 0 aliphatic heterocycles. The Balaban J connectivity index is 2.90. The van der Waals surface area contributed by atoms with Crippen LogP contribution < -0.4 is 17.0 Å². The maximum atomic E-state index is 12.0. The zero-order valence-electron chi connectivity index (χ0n) is 8.99. The normalized spacial score (nSPS) is 10.9. The Morgan fingerprint density at radius 2 is 2.12 bits per heavy atom. The summed E-state index contributed by atoms with van der Waals surface area (Å²) >= 11 is 0. The third kappa shape index (κ3) is 1.55. The Labute approximate surface area is 91.5 Å². The molecule has 2 aromatic rings. The van der Waals surface area contributed by atoms with Gasteiger partial charge in [-0.2, -0.15) is 0 Å². The molecule has 5 nitrogen and oxygen atoms in total. The number of rotatable bonds is 2. The van der Waals surface area contributed by atoms with Crippen molar-refractivity contribution in [3.63, 3.8) is 0 Å². The smallest absolute Gasteiger partial charge is 0.328 e. The summed E-state index contributed by atoms with van der Waals surface area (Å²) < 4.78 is 1.13. The Bertz CT molecular complexity index is 640. The minimum absolute atomic E-state index is 0.234. The van der Waals surface area contributed by atoms with Gasteiger partial charge in [-0.25, -0.2) is 4.79 Å². The lowest BCUT2D eigenvalue weighted by molar-refractivity contribution is 0.646. The van der Waals surface area contributed by atoms with Crippen molar-refractivity contribution in [3.05, 3.63) is 44.6 Å². The number of nitrogens with zero attached hydrogens (tertiary/aromatic N) is 1. The van der Waals surface area contributed by atoms with Crippen LogP contribution in [-0.4, -0.2) is 16.1 Å². The average molecular weight is 219 g/mol. The first-order valence-corrected chi connectivity index (χ1v) is 5.07. The number of fused-ring (bicyclic) bond motifs is 1. The molecular formula is C11H13N3O2. The van der Waals surface area contributed by atoms with Crippen LogP contribution in [-0.2, 0) is 6.54 Å². The van der Waals surface area contributed by atoms with Crippen molar-refractivity contribution < 1.29 is 0 Å². The molecule has 1 aromatic heterocycles. The first-order chi connectivity index (χ1) is 7.65. The third-order valence-electron chi connectivity index (χ3n) is 2.58. The van der Waals surface area contributed by atoms with Crippen molar-refractivity contribution in [2.45, 2.75) is 13.5 Å². The quantitative estimate of drug-likeness (QED) is 0.743. The van der Waals surface area contributed by atoms with Gasteiger partial charge in [0.2, 0.25) is 0 Å². The van der Waals surface area contributed by atoms with E-state index in [0.717, 1.165) is 10.1 Å². The molecular weight excluding hydrogens is 206 g/mol. The van der Waals surface area contributed by atoms with Gasteiger partial charge in [0.1, 0.15) is 0 Å². The van der Waals surface area contributed by atoms with Crippen LogP contribution in [0.3, 0.4) is 0 Å². The second-order valence-corrected chi connectivity index (χ2v) is 3.67. The van der Waals surface area contributed by atoms with Crippen LogP contribution in [0.4, 0.5) is 0 Å². The van der Waals surface area contributed by atoms with Crippen LogP contribution in [0.25, 0.3) is 10.9 Å². The molecule has 2 rings (SSSR count). The molecule has 1 aromatic carbocycles. The van der Waals surface area contributed by atoms with Crippen LogP contribution >= 0.6 is 0 Å².